The number of fused-ring (bicyclic) bond motifs is 3. The van der Waals surface area contributed by atoms with Crippen molar-refractivity contribution in [1.82, 2.24) is 15.5 Å². The number of aliphatic carboxylic acids is 1. The standard InChI is InChI=1S/C26H31N3O6/c1-2-29(14-8-7-13-25(32)33)24(31)16-27-23(30)15-28-26(34)35-17-22-20-11-5-3-9-18(20)19-10-4-6-12-21(19)22/h3-6,9-12,22H,2,7-8,13-17H2,1H3,(H,27,30)(H,28,34)(H,32,33). The fourth-order valence-electron chi connectivity index (χ4n) is 4.19. The Morgan fingerprint density at radius 1 is 0.914 bits per heavy atom. The van der Waals surface area contributed by atoms with Crippen LogP contribution in [0.3, 0.4) is 0 Å². The third kappa shape index (κ3) is 7.05. The third-order valence-electron chi connectivity index (χ3n) is 5.98. The second kappa shape index (κ2) is 12.5. The van der Waals surface area contributed by atoms with Crippen molar-refractivity contribution in [3.05, 3.63) is 59.7 Å². The van der Waals surface area contributed by atoms with E-state index >= 15 is 0 Å². The first-order chi connectivity index (χ1) is 16.9. The summed E-state index contributed by atoms with van der Waals surface area (Å²) in [5.74, 6) is -1.71. The maximum atomic E-state index is 12.3. The van der Waals surface area contributed by atoms with Crippen LogP contribution in [-0.4, -0.2) is 66.7 Å². The van der Waals surface area contributed by atoms with Crippen molar-refractivity contribution in [3.8, 4) is 11.1 Å². The zero-order valence-corrected chi connectivity index (χ0v) is 19.8. The number of carboxylic acid groups (broad SMARTS) is 1. The van der Waals surface area contributed by atoms with E-state index in [0.29, 0.717) is 25.9 Å². The van der Waals surface area contributed by atoms with Crippen LogP contribution < -0.4 is 10.6 Å². The van der Waals surface area contributed by atoms with E-state index in [4.69, 9.17) is 9.84 Å². The topological polar surface area (TPSA) is 125 Å². The van der Waals surface area contributed by atoms with E-state index in [1.807, 2.05) is 43.3 Å². The Balaban J connectivity index is 1.39. The van der Waals surface area contributed by atoms with Gasteiger partial charge < -0.3 is 25.4 Å². The van der Waals surface area contributed by atoms with Crippen molar-refractivity contribution in [2.45, 2.75) is 32.1 Å². The van der Waals surface area contributed by atoms with Crippen LogP contribution in [0.5, 0.6) is 0 Å². The molecule has 186 valence electrons. The van der Waals surface area contributed by atoms with Crippen LogP contribution in [0.4, 0.5) is 4.79 Å². The lowest BCUT2D eigenvalue weighted by Gasteiger charge is -2.21. The number of benzene rings is 2. The summed E-state index contributed by atoms with van der Waals surface area (Å²) in [6, 6.07) is 16.0. The highest BCUT2D eigenvalue weighted by molar-refractivity contribution is 5.87. The van der Waals surface area contributed by atoms with E-state index in [0.717, 1.165) is 22.3 Å². The minimum Gasteiger partial charge on any atom is -0.481 e. The van der Waals surface area contributed by atoms with Crippen LogP contribution in [0, 0.1) is 0 Å². The molecule has 0 heterocycles. The van der Waals surface area contributed by atoms with Gasteiger partial charge >= 0.3 is 12.1 Å². The van der Waals surface area contributed by atoms with Crippen LogP contribution in [0.2, 0.25) is 0 Å². The Labute approximate surface area is 204 Å². The molecule has 0 saturated heterocycles. The molecule has 9 nitrogen and oxygen atoms in total. The number of nitrogens with zero attached hydrogens (tertiary/aromatic N) is 1. The minimum absolute atomic E-state index is 0.0595. The van der Waals surface area contributed by atoms with E-state index in [-0.39, 0.29) is 37.9 Å². The quantitative estimate of drug-likeness (QED) is 0.401. The van der Waals surface area contributed by atoms with Crippen molar-refractivity contribution in [1.29, 1.82) is 0 Å². The molecule has 2 aromatic carbocycles. The van der Waals surface area contributed by atoms with Crippen LogP contribution in [0.1, 0.15) is 43.2 Å². The summed E-state index contributed by atoms with van der Waals surface area (Å²) < 4.78 is 5.40. The first-order valence-corrected chi connectivity index (χ1v) is 11.8. The molecule has 3 amide bonds. The predicted octanol–water partition coefficient (Wildman–Crippen LogP) is 2.74. The number of carbonyl (C=O) groups excluding carboxylic acids is 3. The number of hydrogen-bond acceptors (Lipinski definition) is 5. The summed E-state index contributed by atoms with van der Waals surface area (Å²) in [6.45, 7) is 2.34. The van der Waals surface area contributed by atoms with E-state index in [1.54, 1.807) is 4.90 Å². The minimum atomic E-state index is -0.865. The Kier molecular flexibility index (Phi) is 9.23. The Morgan fingerprint density at radius 2 is 1.54 bits per heavy atom. The van der Waals surface area contributed by atoms with E-state index in [1.165, 1.54) is 0 Å². The number of alkyl carbamates (subject to hydrolysis) is 1. The van der Waals surface area contributed by atoms with Crippen molar-refractivity contribution < 1.29 is 29.0 Å². The lowest BCUT2D eigenvalue weighted by Crippen LogP contribution is -2.44. The first kappa shape index (κ1) is 25.7. The zero-order chi connectivity index (χ0) is 25.2. The summed E-state index contributed by atoms with van der Waals surface area (Å²) in [7, 11) is 0. The smallest absolute Gasteiger partial charge is 0.407 e. The van der Waals surface area contributed by atoms with Gasteiger partial charge in [0.1, 0.15) is 13.2 Å². The molecule has 1 aliphatic carbocycles. The lowest BCUT2D eigenvalue weighted by atomic mass is 9.98. The summed E-state index contributed by atoms with van der Waals surface area (Å²) in [4.78, 5) is 48.7. The van der Waals surface area contributed by atoms with Gasteiger partial charge in [-0.05, 0) is 42.0 Å². The molecular weight excluding hydrogens is 450 g/mol. The van der Waals surface area contributed by atoms with Gasteiger partial charge in [0.25, 0.3) is 0 Å². The lowest BCUT2D eigenvalue weighted by molar-refractivity contribution is -0.137. The van der Waals surface area contributed by atoms with Crippen molar-refractivity contribution in [3.63, 3.8) is 0 Å². The Bertz CT molecular complexity index is 1030. The van der Waals surface area contributed by atoms with E-state index in [9.17, 15) is 19.2 Å². The summed E-state index contributed by atoms with van der Waals surface area (Å²) in [5.41, 5.74) is 4.45. The van der Waals surface area contributed by atoms with Crippen LogP contribution in [0.15, 0.2) is 48.5 Å². The number of carbonyl (C=O) groups is 4. The highest BCUT2D eigenvalue weighted by Crippen LogP contribution is 2.44. The van der Waals surface area contributed by atoms with Crippen LogP contribution in [-0.2, 0) is 19.1 Å². The molecular formula is C26H31N3O6. The molecule has 35 heavy (non-hydrogen) atoms. The van der Waals surface area contributed by atoms with Gasteiger partial charge in [0.05, 0.1) is 6.54 Å². The fourth-order valence-corrected chi connectivity index (χ4v) is 4.19. The molecule has 3 N–H and O–H groups in total. The number of amides is 3. The highest BCUT2D eigenvalue weighted by Gasteiger charge is 2.29. The molecule has 0 aliphatic heterocycles. The summed E-state index contributed by atoms with van der Waals surface area (Å²) in [6.07, 6.45) is 0.407. The van der Waals surface area contributed by atoms with Gasteiger partial charge in [-0.1, -0.05) is 48.5 Å². The highest BCUT2D eigenvalue weighted by atomic mass is 16.5. The summed E-state index contributed by atoms with van der Waals surface area (Å²) >= 11 is 0. The van der Waals surface area contributed by atoms with Gasteiger partial charge in [-0.15, -0.1) is 0 Å². The van der Waals surface area contributed by atoms with Gasteiger partial charge in [0.15, 0.2) is 0 Å². The van der Waals surface area contributed by atoms with E-state index < -0.39 is 18.0 Å². The van der Waals surface area contributed by atoms with E-state index in [2.05, 4.69) is 22.8 Å². The second-order valence-corrected chi connectivity index (χ2v) is 8.28. The van der Waals surface area contributed by atoms with Crippen molar-refractivity contribution in [2.75, 3.05) is 32.8 Å². The number of unbranched alkanes of at least 4 members (excludes halogenated alkanes) is 1. The largest absolute Gasteiger partial charge is 0.481 e. The van der Waals surface area contributed by atoms with Crippen LogP contribution in [0.25, 0.3) is 11.1 Å². The molecule has 9 heteroatoms. The number of likely N-dealkylation sites (N-methyl/N-ethyl adjacent to an activating group) is 1. The number of hydrogen-bond donors (Lipinski definition) is 3. The average Bonchev–Trinajstić information content (AvgIpc) is 3.18. The monoisotopic (exact) mass is 481 g/mol. The van der Waals surface area contributed by atoms with Gasteiger partial charge in [-0.25, -0.2) is 4.79 Å². The molecule has 0 unspecified atom stereocenters. The maximum Gasteiger partial charge on any atom is 0.407 e. The van der Waals surface area contributed by atoms with Crippen molar-refractivity contribution >= 4 is 23.9 Å². The van der Waals surface area contributed by atoms with Crippen molar-refractivity contribution in [2.24, 2.45) is 0 Å². The first-order valence-electron chi connectivity index (χ1n) is 11.8. The van der Waals surface area contributed by atoms with Gasteiger partial charge in [-0.3, -0.25) is 14.4 Å². The van der Waals surface area contributed by atoms with Gasteiger partial charge in [0.2, 0.25) is 11.8 Å². The molecule has 3 rings (SSSR count). The predicted molar refractivity (Wildman–Crippen MR) is 130 cm³/mol. The van der Waals surface area contributed by atoms with Gasteiger partial charge in [-0.2, -0.15) is 0 Å². The Morgan fingerprint density at radius 3 is 2.14 bits per heavy atom. The molecule has 0 aromatic heterocycles. The molecule has 0 fully saturated rings. The maximum absolute atomic E-state index is 12.3. The zero-order valence-electron chi connectivity index (χ0n) is 19.8. The summed E-state index contributed by atoms with van der Waals surface area (Å²) in [5, 5.41) is 13.6. The normalized spacial score (nSPS) is 11.8. The molecule has 0 spiro atoms. The second-order valence-electron chi connectivity index (χ2n) is 8.28. The average molecular weight is 482 g/mol. The molecule has 2 aromatic rings. The fraction of sp³-hybridized carbons (Fsp3) is 0.385. The van der Waals surface area contributed by atoms with Gasteiger partial charge in [0, 0.05) is 25.4 Å². The molecule has 0 atom stereocenters. The third-order valence-corrected chi connectivity index (χ3v) is 5.98. The SMILES string of the molecule is CCN(CCCCC(=O)O)C(=O)CNC(=O)CNC(=O)OCC1c2ccccc2-c2ccccc21. The number of ether oxygens (including phenoxy) is 1. The molecule has 0 saturated carbocycles. The number of rotatable bonds is 12. The van der Waals surface area contributed by atoms with Crippen LogP contribution >= 0.6 is 0 Å². The number of carboxylic acids is 1. The molecule has 1 aliphatic rings. The number of nitrogens with one attached hydrogen (secondary N) is 2. The molecule has 0 bridgehead atoms. The molecule has 0 radical (unpaired) electrons. The Hall–Kier alpha value is -3.88.